The molecule has 0 saturated heterocycles. The summed E-state index contributed by atoms with van der Waals surface area (Å²) >= 11 is 0. The zero-order valence-electron chi connectivity index (χ0n) is 9.85. The molecule has 0 aliphatic rings. The molecule has 0 atom stereocenters. The molecule has 1 nitrogen and oxygen atoms in total. The summed E-state index contributed by atoms with van der Waals surface area (Å²) in [4.78, 5) is 0. The van der Waals surface area contributed by atoms with Crippen LogP contribution in [0.4, 0.5) is 0 Å². The van der Waals surface area contributed by atoms with Gasteiger partial charge in [-0.05, 0) is 36.6 Å². The van der Waals surface area contributed by atoms with Crippen LogP contribution in [-0.2, 0) is 6.42 Å². The van der Waals surface area contributed by atoms with Gasteiger partial charge in [-0.1, -0.05) is 49.4 Å². The average Bonchev–Trinajstić information content (AvgIpc) is 2.31. The van der Waals surface area contributed by atoms with E-state index in [2.05, 4.69) is 31.2 Å². The minimum atomic E-state index is 0.338. The number of rotatable bonds is 1. The fourth-order valence-electron chi connectivity index (χ4n) is 1.34. The maximum absolute atomic E-state index is 8.81. The minimum absolute atomic E-state index is 0.338. The highest BCUT2D eigenvalue weighted by Crippen LogP contribution is 2.08. The number of aromatic hydroxyl groups is 1. The Hall–Kier alpha value is -1.76. The van der Waals surface area contributed by atoms with E-state index in [-0.39, 0.29) is 0 Å². The van der Waals surface area contributed by atoms with E-state index in [0.29, 0.717) is 5.75 Å². The van der Waals surface area contributed by atoms with E-state index in [1.54, 1.807) is 12.1 Å². The highest BCUT2D eigenvalue weighted by Gasteiger charge is 1.83. The standard InChI is InChI=1S/C8H10.C7H8O/c1-2-8-6-4-3-5-7-8;1-6-3-2-4-7(8)5-6/h3-7H,2H2,1H3;2-5,8H,1H3. The van der Waals surface area contributed by atoms with Gasteiger partial charge < -0.3 is 5.11 Å². The van der Waals surface area contributed by atoms with Gasteiger partial charge in [-0.15, -0.1) is 0 Å². The lowest BCUT2D eigenvalue weighted by atomic mass is 10.2. The van der Waals surface area contributed by atoms with Gasteiger partial charge in [0.1, 0.15) is 5.75 Å². The fraction of sp³-hybridized carbons (Fsp3) is 0.200. The molecule has 0 bridgehead atoms. The van der Waals surface area contributed by atoms with Crippen LogP contribution < -0.4 is 0 Å². The van der Waals surface area contributed by atoms with E-state index in [1.165, 1.54) is 5.56 Å². The number of hydrogen-bond donors (Lipinski definition) is 1. The minimum Gasteiger partial charge on any atom is -0.508 e. The van der Waals surface area contributed by atoms with E-state index in [9.17, 15) is 0 Å². The van der Waals surface area contributed by atoms with Crippen LogP contribution >= 0.6 is 0 Å². The summed E-state index contributed by atoms with van der Waals surface area (Å²) in [5, 5.41) is 8.81. The first-order valence-electron chi connectivity index (χ1n) is 5.52. The zero-order chi connectivity index (χ0) is 11.8. The predicted octanol–water partition coefficient (Wildman–Crippen LogP) is 3.95. The first-order chi connectivity index (χ1) is 7.72. The summed E-state index contributed by atoms with van der Waals surface area (Å²) in [6.45, 7) is 4.11. The molecule has 0 heterocycles. The van der Waals surface area contributed by atoms with Crippen molar-refractivity contribution in [3.8, 4) is 5.75 Å². The maximum Gasteiger partial charge on any atom is 0.115 e. The Morgan fingerprint density at radius 1 is 0.938 bits per heavy atom. The molecule has 0 fully saturated rings. The van der Waals surface area contributed by atoms with Gasteiger partial charge in [0.2, 0.25) is 0 Å². The summed E-state index contributed by atoms with van der Waals surface area (Å²) in [5.41, 5.74) is 2.50. The van der Waals surface area contributed by atoms with Crippen molar-refractivity contribution in [3.05, 3.63) is 65.7 Å². The zero-order valence-corrected chi connectivity index (χ0v) is 9.85. The van der Waals surface area contributed by atoms with Gasteiger partial charge in [-0.25, -0.2) is 0 Å². The summed E-state index contributed by atoms with van der Waals surface area (Å²) in [6.07, 6.45) is 1.14. The molecule has 0 spiro atoms. The van der Waals surface area contributed by atoms with E-state index >= 15 is 0 Å². The van der Waals surface area contributed by atoms with Crippen molar-refractivity contribution in [2.45, 2.75) is 20.3 Å². The van der Waals surface area contributed by atoms with Crippen molar-refractivity contribution < 1.29 is 5.11 Å². The Balaban J connectivity index is 0.000000160. The van der Waals surface area contributed by atoms with Gasteiger partial charge in [0.25, 0.3) is 0 Å². The van der Waals surface area contributed by atoms with Crippen molar-refractivity contribution >= 4 is 0 Å². The number of aryl methyl sites for hydroxylation is 2. The highest BCUT2D eigenvalue weighted by molar-refractivity contribution is 5.25. The normalized spacial score (nSPS) is 9.12. The van der Waals surface area contributed by atoms with Gasteiger partial charge in [0, 0.05) is 0 Å². The van der Waals surface area contributed by atoms with Crippen molar-refractivity contribution in [1.29, 1.82) is 0 Å². The van der Waals surface area contributed by atoms with Crippen LogP contribution in [0.3, 0.4) is 0 Å². The first-order valence-corrected chi connectivity index (χ1v) is 5.52. The molecule has 0 aromatic heterocycles. The quantitative estimate of drug-likeness (QED) is 0.762. The third-order valence-electron chi connectivity index (χ3n) is 2.25. The van der Waals surface area contributed by atoms with E-state index in [1.807, 2.05) is 25.1 Å². The van der Waals surface area contributed by atoms with Crippen LogP contribution in [0.2, 0.25) is 0 Å². The maximum atomic E-state index is 8.81. The van der Waals surface area contributed by atoms with Crippen LogP contribution in [0.15, 0.2) is 54.6 Å². The summed E-state index contributed by atoms with van der Waals surface area (Å²) in [6, 6.07) is 17.6. The SMILES string of the molecule is CCc1ccccc1.Cc1cccc(O)c1. The lowest BCUT2D eigenvalue weighted by Gasteiger charge is -1.89. The van der Waals surface area contributed by atoms with Gasteiger partial charge in [-0.2, -0.15) is 0 Å². The summed E-state index contributed by atoms with van der Waals surface area (Å²) in [5.74, 6) is 0.338. The molecular formula is C15H18O. The van der Waals surface area contributed by atoms with E-state index in [0.717, 1.165) is 12.0 Å². The third kappa shape index (κ3) is 4.65. The molecule has 2 aromatic rings. The van der Waals surface area contributed by atoms with Gasteiger partial charge in [0.15, 0.2) is 0 Å². The Labute approximate surface area is 97.4 Å². The first kappa shape index (κ1) is 12.3. The van der Waals surface area contributed by atoms with E-state index < -0.39 is 0 Å². The molecule has 84 valence electrons. The van der Waals surface area contributed by atoms with Crippen LogP contribution in [0.1, 0.15) is 18.1 Å². The number of phenols is 1. The molecular weight excluding hydrogens is 196 g/mol. The molecule has 0 radical (unpaired) electrons. The second-order valence-corrected chi connectivity index (χ2v) is 3.68. The molecule has 0 saturated carbocycles. The third-order valence-corrected chi connectivity index (χ3v) is 2.25. The largest absolute Gasteiger partial charge is 0.508 e. The molecule has 1 heteroatoms. The van der Waals surface area contributed by atoms with Crippen molar-refractivity contribution in [2.75, 3.05) is 0 Å². The number of benzene rings is 2. The predicted molar refractivity (Wildman–Crippen MR) is 68.7 cm³/mol. The molecule has 0 aliphatic carbocycles. The monoisotopic (exact) mass is 214 g/mol. The highest BCUT2D eigenvalue weighted by atomic mass is 16.3. The summed E-state index contributed by atoms with van der Waals surface area (Å²) in [7, 11) is 0. The van der Waals surface area contributed by atoms with Crippen molar-refractivity contribution in [3.63, 3.8) is 0 Å². The van der Waals surface area contributed by atoms with Gasteiger partial charge >= 0.3 is 0 Å². The molecule has 16 heavy (non-hydrogen) atoms. The van der Waals surface area contributed by atoms with Crippen molar-refractivity contribution in [2.24, 2.45) is 0 Å². The van der Waals surface area contributed by atoms with Crippen LogP contribution in [-0.4, -0.2) is 5.11 Å². The average molecular weight is 214 g/mol. The molecule has 0 unspecified atom stereocenters. The molecule has 2 aromatic carbocycles. The van der Waals surface area contributed by atoms with Crippen LogP contribution in [0.5, 0.6) is 5.75 Å². The molecule has 0 amide bonds. The topological polar surface area (TPSA) is 20.2 Å². The second-order valence-electron chi connectivity index (χ2n) is 3.68. The molecule has 0 aliphatic heterocycles. The number of hydrogen-bond acceptors (Lipinski definition) is 1. The van der Waals surface area contributed by atoms with Gasteiger partial charge in [0.05, 0.1) is 0 Å². The van der Waals surface area contributed by atoms with Crippen LogP contribution in [0.25, 0.3) is 0 Å². The fourth-order valence-corrected chi connectivity index (χ4v) is 1.34. The Bertz CT molecular complexity index is 390. The summed E-state index contributed by atoms with van der Waals surface area (Å²) < 4.78 is 0. The lowest BCUT2D eigenvalue weighted by Crippen LogP contribution is -1.73. The lowest BCUT2D eigenvalue weighted by molar-refractivity contribution is 0.475. The Morgan fingerprint density at radius 2 is 1.62 bits per heavy atom. The molecule has 1 N–H and O–H groups in total. The van der Waals surface area contributed by atoms with Crippen molar-refractivity contribution in [1.82, 2.24) is 0 Å². The number of phenolic OH excluding ortho intramolecular Hbond substituents is 1. The Kier molecular flexibility index (Phi) is 5.13. The second kappa shape index (κ2) is 6.67. The Morgan fingerprint density at radius 3 is 2.00 bits per heavy atom. The van der Waals surface area contributed by atoms with Gasteiger partial charge in [-0.3, -0.25) is 0 Å². The van der Waals surface area contributed by atoms with Crippen LogP contribution in [0, 0.1) is 6.92 Å². The molecule has 2 rings (SSSR count). The smallest absolute Gasteiger partial charge is 0.115 e. The van der Waals surface area contributed by atoms with E-state index in [4.69, 9.17) is 5.11 Å².